The van der Waals surface area contributed by atoms with Crippen molar-refractivity contribution in [2.75, 3.05) is 26.3 Å². The first-order valence-corrected chi connectivity index (χ1v) is 9.39. The number of carbonyl (C=O) groups is 2. The van der Waals surface area contributed by atoms with Gasteiger partial charge in [0.2, 0.25) is 0 Å². The number of ether oxygens (including phenoxy) is 2. The summed E-state index contributed by atoms with van der Waals surface area (Å²) in [5.41, 5.74) is 0.887. The molecule has 0 saturated carbocycles. The summed E-state index contributed by atoms with van der Waals surface area (Å²) in [4.78, 5) is 26.6. The minimum Gasteiger partial charge on any atom is -0.493 e. The average Bonchev–Trinajstić information content (AvgIpc) is 2.97. The molecule has 0 spiro atoms. The Kier molecular flexibility index (Phi) is 4.71. The molecule has 6 nitrogen and oxygen atoms in total. The molecule has 146 valence electrons. The summed E-state index contributed by atoms with van der Waals surface area (Å²) in [5, 5.41) is 10.1. The molecule has 1 amide bonds. The number of benzene rings is 2. The number of fused-ring (bicyclic) bond motifs is 2. The van der Waals surface area contributed by atoms with E-state index in [1.165, 1.54) is 0 Å². The van der Waals surface area contributed by atoms with Gasteiger partial charge in [-0.3, -0.25) is 9.59 Å². The first-order chi connectivity index (χ1) is 13.5. The lowest BCUT2D eigenvalue weighted by Crippen LogP contribution is -2.42. The van der Waals surface area contributed by atoms with Crippen molar-refractivity contribution in [2.24, 2.45) is 11.3 Å². The number of likely N-dealkylation sites (tertiary alicyclic amines) is 1. The van der Waals surface area contributed by atoms with Crippen molar-refractivity contribution in [2.45, 2.75) is 13.3 Å². The molecule has 1 fully saturated rings. The molecular weight excluding hydrogens is 358 g/mol. The smallest absolute Gasteiger partial charge is 0.312 e. The first kappa shape index (κ1) is 18.3. The van der Waals surface area contributed by atoms with Crippen LogP contribution in [0, 0.1) is 18.3 Å². The predicted octanol–water partition coefficient (Wildman–Crippen LogP) is 2.54. The van der Waals surface area contributed by atoms with E-state index in [1.54, 1.807) is 11.0 Å². The van der Waals surface area contributed by atoms with Gasteiger partial charge in [0.15, 0.2) is 6.61 Å². The molecule has 2 atom stereocenters. The summed E-state index contributed by atoms with van der Waals surface area (Å²) in [7, 11) is 0. The van der Waals surface area contributed by atoms with Crippen molar-refractivity contribution in [3.05, 3.63) is 59.7 Å². The van der Waals surface area contributed by atoms with Gasteiger partial charge >= 0.3 is 5.97 Å². The maximum Gasteiger partial charge on any atom is 0.312 e. The van der Waals surface area contributed by atoms with Gasteiger partial charge in [0.1, 0.15) is 11.5 Å². The summed E-state index contributed by atoms with van der Waals surface area (Å²) >= 11 is 0. The summed E-state index contributed by atoms with van der Waals surface area (Å²) in [6, 6.07) is 15.0. The fourth-order valence-electron chi connectivity index (χ4n) is 4.16. The lowest BCUT2D eigenvalue weighted by molar-refractivity contribution is -0.151. The Labute approximate surface area is 163 Å². The maximum absolute atomic E-state index is 12.7. The molecule has 0 bridgehead atoms. The van der Waals surface area contributed by atoms with Crippen LogP contribution >= 0.6 is 0 Å². The van der Waals surface area contributed by atoms with Gasteiger partial charge in [-0.1, -0.05) is 30.3 Å². The number of hydrogen-bond donors (Lipinski definition) is 1. The normalized spacial score (nSPS) is 23.2. The molecular formula is C22H23NO5. The zero-order chi connectivity index (χ0) is 19.7. The standard InChI is InChI=1S/C22H23NO5/c1-15-5-4-7-18(9-15)27-13-20(24)23-11-17-12-28-19-8-3-2-6-16(19)10-22(17,14-23)21(25)26/h2-9,17H,10-14H2,1H3,(H,25,26)/t17?,22-/m1/s1. The second kappa shape index (κ2) is 7.19. The second-order valence-electron chi connectivity index (χ2n) is 7.63. The quantitative estimate of drug-likeness (QED) is 0.881. The Morgan fingerprint density at radius 2 is 2.07 bits per heavy atom. The number of carboxylic acid groups (broad SMARTS) is 1. The van der Waals surface area contributed by atoms with E-state index in [9.17, 15) is 14.7 Å². The van der Waals surface area contributed by atoms with E-state index < -0.39 is 11.4 Å². The van der Waals surface area contributed by atoms with Crippen LogP contribution in [0.2, 0.25) is 0 Å². The highest BCUT2D eigenvalue weighted by Crippen LogP contribution is 2.44. The van der Waals surface area contributed by atoms with Gasteiger partial charge in [0.05, 0.1) is 12.0 Å². The van der Waals surface area contributed by atoms with Crippen LogP contribution in [0.4, 0.5) is 0 Å². The monoisotopic (exact) mass is 381 g/mol. The first-order valence-electron chi connectivity index (χ1n) is 9.39. The van der Waals surface area contributed by atoms with E-state index >= 15 is 0 Å². The highest BCUT2D eigenvalue weighted by atomic mass is 16.5. The van der Waals surface area contributed by atoms with Gasteiger partial charge in [-0.15, -0.1) is 0 Å². The lowest BCUT2D eigenvalue weighted by atomic mass is 9.74. The molecule has 2 aromatic rings. The minimum atomic E-state index is -1.04. The van der Waals surface area contributed by atoms with E-state index in [4.69, 9.17) is 9.47 Å². The van der Waals surface area contributed by atoms with E-state index in [0.29, 0.717) is 18.7 Å². The van der Waals surface area contributed by atoms with Crippen LogP contribution in [0.25, 0.3) is 0 Å². The van der Waals surface area contributed by atoms with Gasteiger partial charge in [-0.05, 0) is 42.7 Å². The molecule has 0 aliphatic carbocycles. The van der Waals surface area contributed by atoms with Crippen LogP contribution in [-0.4, -0.2) is 48.2 Å². The van der Waals surface area contributed by atoms with Crippen LogP contribution in [0.5, 0.6) is 11.5 Å². The van der Waals surface area contributed by atoms with Gasteiger partial charge < -0.3 is 19.5 Å². The Balaban J connectivity index is 1.50. The topological polar surface area (TPSA) is 76.1 Å². The number of carbonyl (C=O) groups excluding carboxylic acids is 1. The Hall–Kier alpha value is -3.02. The van der Waals surface area contributed by atoms with Crippen molar-refractivity contribution in [3.8, 4) is 11.5 Å². The average molecular weight is 381 g/mol. The summed E-state index contributed by atoms with van der Waals surface area (Å²) in [6.07, 6.45) is 0.353. The van der Waals surface area contributed by atoms with Gasteiger partial charge in [-0.25, -0.2) is 0 Å². The van der Waals surface area contributed by atoms with Gasteiger partial charge in [-0.2, -0.15) is 0 Å². The second-order valence-corrected chi connectivity index (χ2v) is 7.63. The number of carboxylic acids is 1. The van der Waals surface area contributed by atoms with E-state index in [0.717, 1.165) is 16.9 Å². The fraction of sp³-hybridized carbons (Fsp3) is 0.364. The number of rotatable bonds is 4. The Morgan fingerprint density at radius 3 is 2.86 bits per heavy atom. The molecule has 2 aliphatic heterocycles. The lowest BCUT2D eigenvalue weighted by Gasteiger charge is -2.27. The molecule has 4 rings (SSSR count). The molecule has 28 heavy (non-hydrogen) atoms. The fourth-order valence-corrected chi connectivity index (χ4v) is 4.16. The number of amides is 1. The molecule has 2 aliphatic rings. The zero-order valence-electron chi connectivity index (χ0n) is 15.8. The highest BCUT2D eigenvalue weighted by molar-refractivity contribution is 5.82. The molecule has 6 heteroatoms. The van der Waals surface area contributed by atoms with E-state index in [2.05, 4.69) is 0 Å². The molecule has 1 N–H and O–H groups in total. The molecule has 2 aromatic carbocycles. The molecule has 0 radical (unpaired) electrons. The zero-order valence-corrected chi connectivity index (χ0v) is 15.8. The molecule has 2 heterocycles. The van der Waals surface area contributed by atoms with Crippen LogP contribution < -0.4 is 9.47 Å². The largest absolute Gasteiger partial charge is 0.493 e. The summed E-state index contributed by atoms with van der Waals surface area (Å²) in [5.74, 6) is 0.0154. The number of aryl methyl sites for hydroxylation is 1. The Morgan fingerprint density at radius 1 is 1.25 bits per heavy atom. The molecule has 1 unspecified atom stereocenters. The summed E-state index contributed by atoms with van der Waals surface area (Å²) < 4.78 is 11.5. The Bertz CT molecular complexity index is 911. The summed E-state index contributed by atoms with van der Waals surface area (Å²) in [6.45, 7) is 2.66. The van der Waals surface area contributed by atoms with Crippen LogP contribution in [0.3, 0.4) is 0 Å². The van der Waals surface area contributed by atoms with Gasteiger partial charge in [0, 0.05) is 19.0 Å². The number of para-hydroxylation sites is 1. The number of nitrogens with zero attached hydrogens (tertiary/aromatic N) is 1. The van der Waals surface area contributed by atoms with Crippen LogP contribution in [0.15, 0.2) is 48.5 Å². The molecule has 1 saturated heterocycles. The van der Waals surface area contributed by atoms with E-state index in [1.807, 2.05) is 49.4 Å². The van der Waals surface area contributed by atoms with E-state index in [-0.39, 0.29) is 31.6 Å². The number of hydrogen-bond acceptors (Lipinski definition) is 4. The van der Waals surface area contributed by atoms with Crippen LogP contribution in [-0.2, 0) is 16.0 Å². The molecule has 0 aromatic heterocycles. The van der Waals surface area contributed by atoms with Crippen molar-refractivity contribution >= 4 is 11.9 Å². The van der Waals surface area contributed by atoms with Crippen molar-refractivity contribution in [1.29, 1.82) is 0 Å². The third kappa shape index (κ3) is 3.30. The van der Waals surface area contributed by atoms with Crippen molar-refractivity contribution < 1.29 is 24.2 Å². The SMILES string of the molecule is Cc1cccc(OCC(=O)N2CC3COc4ccccc4C[C@@]3(C(=O)O)C2)c1. The third-order valence-corrected chi connectivity index (χ3v) is 5.74. The van der Waals surface area contributed by atoms with Crippen LogP contribution in [0.1, 0.15) is 11.1 Å². The highest BCUT2D eigenvalue weighted by Gasteiger charge is 2.55. The number of aliphatic carboxylic acids is 1. The van der Waals surface area contributed by atoms with Gasteiger partial charge in [0.25, 0.3) is 5.91 Å². The van der Waals surface area contributed by atoms with Crippen molar-refractivity contribution in [1.82, 2.24) is 4.90 Å². The van der Waals surface area contributed by atoms with Crippen molar-refractivity contribution in [3.63, 3.8) is 0 Å². The maximum atomic E-state index is 12.7. The predicted molar refractivity (Wildman–Crippen MR) is 102 cm³/mol. The third-order valence-electron chi connectivity index (χ3n) is 5.74. The minimum absolute atomic E-state index is 0.108.